The second-order valence-electron chi connectivity index (χ2n) is 5.12. The molecule has 0 radical (unpaired) electrons. The zero-order chi connectivity index (χ0) is 13.0. The fraction of sp³-hybridized carbons (Fsp3) is 0.714. The lowest BCUT2D eigenvalue weighted by Gasteiger charge is -2.19. The molecular weight excluding hydrogens is 374 g/mol. The van der Waals surface area contributed by atoms with E-state index < -0.39 is 0 Å². The number of hydrogen-bond donors (Lipinski definition) is 1. The fourth-order valence-electron chi connectivity index (χ4n) is 2.91. The summed E-state index contributed by atoms with van der Waals surface area (Å²) in [6.45, 7) is 3.23. The molecule has 1 saturated carbocycles. The highest BCUT2D eigenvalue weighted by molar-refractivity contribution is 9.12. The summed E-state index contributed by atoms with van der Waals surface area (Å²) in [6, 6.07) is 2.77. The van der Waals surface area contributed by atoms with Crippen LogP contribution >= 0.6 is 43.2 Å². The zero-order valence-electron chi connectivity index (χ0n) is 10.8. The SMILES string of the molecule is CCNC(CCC1CCCC1)c1cc(Br)sc1Br. The van der Waals surface area contributed by atoms with E-state index >= 15 is 0 Å². The average Bonchev–Trinajstić information content (AvgIpc) is 2.94. The van der Waals surface area contributed by atoms with Crippen LogP contribution in [0, 0.1) is 5.92 Å². The molecule has 0 aromatic carbocycles. The highest BCUT2D eigenvalue weighted by atomic mass is 79.9. The van der Waals surface area contributed by atoms with E-state index in [1.165, 1.54) is 51.7 Å². The number of thiophene rings is 1. The topological polar surface area (TPSA) is 12.0 Å². The molecule has 0 spiro atoms. The Morgan fingerprint density at radius 1 is 1.39 bits per heavy atom. The van der Waals surface area contributed by atoms with Gasteiger partial charge in [-0.25, -0.2) is 0 Å². The third-order valence-corrected chi connectivity index (χ3v) is 6.23. The van der Waals surface area contributed by atoms with E-state index in [2.05, 4.69) is 50.2 Å². The second kappa shape index (κ2) is 7.41. The molecule has 1 N–H and O–H groups in total. The monoisotopic (exact) mass is 393 g/mol. The van der Waals surface area contributed by atoms with Crippen molar-refractivity contribution in [3.63, 3.8) is 0 Å². The molecular formula is C14H21Br2NS. The van der Waals surface area contributed by atoms with Gasteiger partial charge < -0.3 is 5.32 Å². The van der Waals surface area contributed by atoms with Gasteiger partial charge in [0.1, 0.15) is 0 Å². The van der Waals surface area contributed by atoms with Crippen molar-refractivity contribution in [2.45, 2.75) is 51.5 Å². The average molecular weight is 395 g/mol. The molecule has 4 heteroatoms. The number of hydrogen-bond acceptors (Lipinski definition) is 2. The molecule has 2 rings (SSSR count). The summed E-state index contributed by atoms with van der Waals surface area (Å²) in [7, 11) is 0. The first-order chi connectivity index (χ1) is 8.70. The normalized spacial score (nSPS) is 18.4. The Kier molecular flexibility index (Phi) is 6.19. The predicted molar refractivity (Wildman–Crippen MR) is 87.3 cm³/mol. The van der Waals surface area contributed by atoms with E-state index in [0.29, 0.717) is 6.04 Å². The van der Waals surface area contributed by atoms with E-state index in [1.807, 2.05) is 0 Å². The van der Waals surface area contributed by atoms with Crippen LogP contribution in [0.25, 0.3) is 0 Å². The van der Waals surface area contributed by atoms with Gasteiger partial charge in [0.05, 0.1) is 7.57 Å². The molecule has 1 heterocycles. The van der Waals surface area contributed by atoms with Crippen LogP contribution in [0.5, 0.6) is 0 Å². The summed E-state index contributed by atoms with van der Waals surface area (Å²) in [4.78, 5) is 0. The predicted octanol–water partition coefficient (Wildman–Crippen LogP) is 5.89. The molecule has 1 nitrogen and oxygen atoms in total. The van der Waals surface area contributed by atoms with Crippen molar-refractivity contribution in [3.05, 3.63) is 19.2 Å². The van der Waals surface area contributed by atoms with Gasteiger partial charge in [-0.3, -0.25) is 0 Å². The van der Waals surface area contributed by atoms with Crippen LogP contribution < -0.4 is 5.32 Å². The van der Waals surface area contributed by atoms with Crippen LogP contribution in [0.4, 0.5) is 0 Å². The Hall–Kier alpha value is 0.620. The molecule has 1 aromatic rings. The molecule has 1 fully saturated rings. The van der Waals surface area contributed by atoms with Gasteiger partial charge in [-0.15, -0.1) is 11.3 Å². The molecule has 1 aromatic heterocycles. The van der Waals surface area contributed by atoms with E-state index in [1.54, 1.807) is 11.3 Å². The fourth-order valence-corrected chi connectivity index (χ4v) is 5.88. The van der Waals surface area contributed by atoms with E-state index in [0.717, 1.165) is 12.5 Å². The summed E-state index contributed by atoms with van der Waals surface area (Å²) in [5.41, 5.74) is 1.42. The Morgan fingerprint density at radius 3 is 2.67 bits per heavy atom. The Morgan fingerprint density at radius 2 is 2.11 bits per heavy atom. The van der Waals surface area contributed by atoms with Gasteiger partial charge in [-0.2, -0.15) is 0 Å². The Bertz CT molecular complexity index is 372. The highest BCUT2D eigenvalue weighted by Crippen LogP contribution is 2.38. The van der Waals surface area contributed by atoms with Crippen LogP contribution in [0.1, 0.15) is 57.1 Å². The van der Waals surface area contributed by atoms with Crippen molar-refractivity contribution in [2.75, 3.05) is 6.54 Å². The molecule has 18 heavy (non-hydrogen) atoms. The second-order valence-corrected chi connectivity index (χ2v) is 8.87. The lowest BCUT2D eigenvalue weighted by atomic mass is 9.96. The van der Waals surface area contributed by atoms with Crippen molar-refractivity contribution < 1.29 is 0 Å². The van der Waals surface area contributed by atoms with Gasteiger partial charge in [-0.05, 0) is 68.8 Å². The van der Waals surface area contributed by atoms with Crippen LogP contribution in [0.2, 0.25) is 0 Å². The lowest BCUT2D eigenvalue weighted by Crippen LogP contribution is -2.21. The van der Waals surface area contributed by atoms with E-state index in [4.69, 9.17) is 0 Å². The third-order valence-electron chi connectivity index (χ3n) is 3.85. The maximum Gasteiger partial charge on any atom is 0.0758 e. The summed E-state index contributed by atoms with van der Waals surface area (Å²) < 4.78 is 2.49. The minimum absolute atomic E-state index is 0.507. The van der Waals surface area contributed by atoms with Gasteiger partial charge in [0, 0.05) is 6.04 Å². The summed E-state index contributed by atoms with van der Waals surface area (Å²) in [5.74, 6) is 0.979. The minimum Gasteiger partial charge on any atom is -0.310 e. The zero-order valence-corrected chi connectivity index (χ0v) is 14.8. The van der Waals surface area contributed by atoms with E-state index in [-0.39, 0.29) is 0 Å². The summed E-state index contributed by atoms with van der Waals surface area (Å²) in [6.07, 6.45) is 8.44. The first-order valence-corrected chi connectivity index (χ1v) is 9.29. The largest absolute Gasteiger partial charge is 0.310 e. The number of nitrogens with one attached hydrogen (secondary N) is 1. The van der Waals surface area contributed by atoms with Gasteiger partial charge >= 0.3 is 0 Å². The van der Waals surface area contributed by atoms with Gasteiger partial charge in [0.25, 0.3) is 0 Å². The van der Waals surface area contributed by atoms with Gasteiger partial charge in [0.15, 0.2) is 0 Å². The van der Waals surface area contributed by atoms with Gasteiger partial charge in [0.2, 0.25) is 0 Å². The van der Waals surface area contributed by atoms with Crippen molar-refractivity contribution in [3.8, 4) is 0 Å². The first-order valence-electron chi connectivity index (χ1n) is 6.88. The molecule has 0 saturated heterocycles. The maximum absolute atomic E-state index is 3.69. The quantitative estimate of drug-likeness (QED) is 0.633. The Labute approximate surface area is 131 Å². The number of rotatable bonds is 6. The van der Waals surface area contributed by atoms with Crippen LogP contribution in [-0.4, -0.2) is 6.54 Å². The van der Waals surface area contributed by atoms with Crippen molar-refractivity contribution in [1.82, 2.24) is 5.32 Å². The minimum atomic E-state index is 0.507. The standard InChI is InChI=1S/C14H21Br2NS/c1-2-17-12(8-7-10-5-3-4-6-10)11-9-13(15)18-14(11)16/h9-10,12,17H,2-8H2,1H3. The summed E-state index contributed by atoms with van der Waals surface area (Å²) >= 11 is 9.05. The number of halogens is 2. The van der Waals surface area contributed by atoms with Crippen LogP contribution in [0.3, 0.4) is 0 Å². The molecule has 0 aliphatic heterocycles. The highest BCUT2D eigenvalue weighted by Gasteiger charge is 2.20. The third kappa shape index (κ3) is 4.06. The molecule has 1 aliphatic carbocycles. The molecule has 102 valence electrons. The molecule has 1 unspecified atom stereocenters. The first kappa shape index (κ1) is 15.0. The molecule has 1 atom stereocenters. The van der Waals surface area contributed by atoms with Crippen LogP contribution in [0.15, 0.2) is 13.6 Å². The summed E-state index contributed by atoms with van der Waals surface area (Å²) in [5, 5.41) is 3.63. The molecule has 1 aliphatic rings. The Balaban J connectivity index is 1.96. The lowest BCUT2D eigenvalue weighted by molar-refractivity contribution is 0.416. The molecule has 0 amide bonds. The van der Waals surface area contributed by atoms with Crippen molar-refractivity contribution in [2.24, 2.45) is 5.92 Å². The van der Waals surface area contributed by atoms with Gasteiger partial charge in [-0.1, -0.05) is 32.6 Å². The van der Waals surface area contributed by atoms with E-state index in [9.17, 15) is 0 Å². The molecule has 0 bridgehead atoms. The van der Waals surface area contributed by atoms with Crippen LogP contribution in [-0.2, 0) is 0 Å². The van der Waals surface area contributed by atoms with Crippen molar-refractivity contribution >= 4 is 43.2 Å². The smallest absolute Gasteiger partial charge is 0.0758 e. The van der Waals surface area contributed by atoms with Crippen molar-refractivity contribution in [1.29, 1.82) is 0 Å². The maximum atomic E-state index is 3.69.